The molecule has 1 amide bonds. The van der Waals surface area contributed by atoms with Gasteiger partial charge in [0.15, 0.2) is 0 Å². The molecule has 0 bridgehead atoms. The van der Waals surface area contributed by atoms with Crippen LogP contribution in [-0.4, -0.2) is 23.7 Å². The zero-order valence-corrected chi connectivity index (χ0v) is 9.60. The number of hydrogen-bond donors (Lipinski definition) is 3. The minimum atomic E-state index is -1.07. The average Bonchev–Trinajstić information content (AvgIpc) is 2.27. The van der Waals surface area contributed by atoms with Crippen molar-refractivity contribution in [3.05, 3.63) is 35.9 Å². The first-order valence-electron chi connectivity index (χ1n) is 5.25. The summed E-state index contributed by atoms with van der Waals surface area (Å²) in [4.78, 5) is 11.8. The summed E-state index contributed by atoms with van der Waals surface area (Å²) in [5.74, 6) is -0.292. The molecule has 1 rings (SSSR count). The van der Waals surface area contributed by atoms with Crippen LogP contribution in [0.4, 0.5) is 0 Å². The molecule has 0 radical (unpaired) electrons. The number of aliphatic hydroxyl groups excluding tert-OH is 1. The van der Waals surface area contributed by atoms with Gasteiger partial charge in [0.25, 0.3) is 0 Å². The van der Waals surface area contributed by atoms with E-state index in [9.17, 15) is 4.79 Å². The summed E-state index contributed by atoms with van der Waals surface area (Å²) in [6, 6.07) is 9.15. The number of nitrogens with one attached hydrogen (secondary N) is 1. The molecule has 0 saturated heterocycles. The van der Waals surface area contributed by atoms with Crippen molar-refractivity contribution in [1.29, 1.82) is 0 Å². The monoisotopic (exact) mass is 222 g/mol. The molecular formula is C12H18N2O2. The molecule has 0 aromatic heterocycles. The lowest BCUT2D eigenvalue weighted by molar-refractivity contribution is -0.126. The third-order valence-electron chi connectivity index (χ3n) is 2.40. The van der Waals surface area contributed by atoms with Crippen LogP contribution in [0.15, 0.2) is 30.3 Å². The second kappa shape index (κ2) is 5.09. The fourth-order valence-corrected chi connectivity index (χ4v) is 1.34. The first-order valence-corrected chi connectivity index (χ1v) is 5.25. The van der Waals surface area contributed by atoms with Gasteiger partial charge >= 0.3 is 0 Å². The number of hydrogen-bond acceptors (Lipinski definition) is 3. The number of rotatable bonds is 4. The third kappa shape index (κ3) is 3.05. The second-order valence-corrected chi connectivity index (χ2v) is 4.13. The normalized spacial score (nSPS) is 16.2. The number of nitrogens with two attached hydrogens (primary N) is 1. The largest absolute Gasteiger partial charge is 0.392 e. The topological polar surface area (TPSA) is 75.3 Å². The Bertz CT molecular complexity index is 347. The average molecular weight is 222 g/mol. The lowest BCUT2D eigenvalue weighted by Crippen LogP contribution is -2.50. The van der Waals surface area contributed by atoms with Crippen molar-refractivity contribution in [2.75, 3.05) is 6.54 Å². The van der Waals surface area contributed by atoms with E-state index >= 15 is 0 Å². The number of amides is 1. The molecule has 0 spiro atoms. The Morgan fingerprint density at radius 2 is 2.06 bits per heavy atom. The molecular weight excluding hydrogens is 204 g/mol. The van der Waals surface area contributed by atoms with Gasteiger partial charge < -0.3 is 16.2 Å². The summed E-state index contributed by atoms with van der Waals surface area (Å²) in [6.45, 7) is 3.47. The van der Waals surface area contributed by atoms with Gasteiger partial charge in [-0.25, -0.2) is 0 Å². The summed E-state index contributed by atoms with van der Waals surface area (Å²) in [5.41, 5.74) is 5.65. The smallest absolute Gasteiger partial charge is 0.244 e. The van der Waals surface area contributed by atoms with E-state index in [2.05, 4.69) is 5.32 Å². The van der Waals surface area contributed by atoms with Crippen molar-refractivity contribution in [2.24, 2.45) is 5.73 Å². The molecule has 88 valence electrons. The standard InChI is InChI=1S/C12H18N2O2/c1-9(15)8-14-11(16)12(2,13)10-6-4-3-5-7-10/h3-7,9,15H,8,13H2,1-2H3,(H,14,16)/t9-,12?/m0/s1. The van der Waals surface area contributed by atoms with Crippen molar-refractivity contribution in [3.63, 3.8) is 0 Å². The maximum Gasteiger partial charge on any atom is 0.244 e. The Kier molecular flexibility index (Phi) is 4.04. The molecule has 4 N–H and O–H groups in total. The Balaban J connectivity index is 2.74. The first-order chi connectivity index (χ1) is 7.44. The first kappa shape index (κ1) is 12.7. The van der Waals surface area contributed by atoms with Crippen molar-refractivity contribution in [2.45, 2.75) is 25.5 Å². The van der Waals surface area contributed by atoms with E-state index in [1.54, 1.807) is 13.8 Å². The van der Waals surface area contributed by atoms with Gasteiger partial charge in [-0.05, 0) is 19.4 Å². The fraction of sp³-hybridized carbons (Fsp3) is 0.417. The highest BCUT2D eigenvalue weighted by atomic mass is 16.3. The molecule has 0 aliphatic rings. The summed E-state index contributed by atoms with van der Waals surface area (Å²) in [7, 11) is 0. The van der Waals surface area contributed by atoms with Crippen LogP contribution in [0, 0.1) is 0 Å². The Labute approximate surface area is 95.5 Å². The molecule has 0 fully saturated rings. The van der Waals surface area contributed by atoms with Crippen LogP contribution in [0.1, 0.15) is 19.4 Å². The molecule has 2 atom stereocenters. The van der Waals surface area contributed by atoms with Crippen LogP contribution in [0.25, 0.3) is 0 Å². The minimum Gasteiger partial charge on any atom is -0.392 e. The van der Waals surface area contributed by atoms with Crippen LogP contribution in [0.3, 0.4) is 0 Å². The van der Waals surface area contributed by atoms with E-state index in [4.69, 9.17) is 10.8 Å². The fourth-order valence-electron chi connectivity index (χ4n) is 1.34. The van der Waals surface area contributed by atoms with E-state index in [-0.39, 0.29) is 12.5 Å². The summed E-state index contributed by atoms with van der Waals surface area (Å²) < 4.78 is 0. The van der Waals surface area contributed by atoms with E-state index in [0.29, 0.717) is 0 Å². The van der Waals surface area contributed by atoms with E-state index in [1.807, 2.05) is 30.3 Å². The Morgan fingerprint density at radius 1 is 1.50 bits per heavy atom. The summed E-state index contributed by atoms with van der Waals surface area (Å²) in [6.07, 6.45) is -0.574. The minimum absolute atomic E-state index is 0.207. The van der Waals surface area contributed by atoms with Crippen molar-refractivity contribution in [1.82, 2.24) is 5.32 Å². The molecule has 0 aliphatic heterocycles. The van der Waals surface area contributed by atoms with Gasteiger partial charge in [-0.1, -0.05) is 30.3 Å². The van der Waals surface area contributed by atoms with Gasteiger partial charge in [0, 0.05) is 6.54 Å². The number of carbonyl (C=O) groups is 1. The molecule has 1 aromatic carbocycles. The second-order valence-electron chi connectivity index (χ2n) is 4.13. The van der Waals surface area contributed by atoms with Crippen molar-refractivity contribution >= 4 is 5.91 Å². The predicted octanol–water partition coefficient (Wildman–Crippen LogP) is 0.358. The molecule has 0 heterocycles. The van der Waals surface area contributed by atoms with Crippen molar-refractivity contribution in [3.8, 4) is 0 Å². The van der Waals surface area contributed by atoms with Crippen molar-refractivity contribution < 1.29 is 9.90 Å². The third-order valence-corrected chi connectivity index (χ3v) is 2.40. The van der Waals surface area contributed by atoms with Gasteiger partial charge in [-0.15, -0.1) is 0 Å². The zero-order chi connectivity index (χ0) is 12.2. The van der Waals surface area contributed by atoms with E-state index in [0.717, 1.165) is 5.56 Å². The number of carbonyl (C=O) groups excluding carboxylic acids is 1. The molecule has 16 heavy (non-hydrogen) atoms. The Morgan fingerprint density at radius 3 is 2.56 bits per heavy atom. The van der Waals surface area contributed by atoms with Crippen LogP contribution in [-0.2, 0) is 10.3 Å². The van der Waals surface area contributed by atoms with Crippen LogP contribution < -0.4 is 11.1 Å². The van der Waals surface area contributed by atoms with Gasteiger partial charge in [0.2, 0.25) is 5.91 Å². The van der Waals surface area contributed by atoms with Crippen LogP contribution in [0.2, 0.25) is 0 Å². The van der Waals surface area contributed by atoms with E-state index in [1.165, 1.54) is 0 Å². The summed E-state index contributed by atoms with van der Waals surface area (Å²) >= 11 is 0. The number of aliphatic hydroxyl groups is 1. The molecule has 4 nitrogen and oxygen atoms in total. The Hall–Kier alpha value is -1.39. The van der Waals surface area contributed by atoms with Gasteiger partial charge in [0.05, 0.1) is 6.10 Å². The lowest BCUT2D eigenvalue weighted by atomic mass is 9.92. The predicted molar refractivity (Wildman–Crippen MR) is 62.7 cm³/mol. The SMILES string of the molecule is C[C@H](O)CNC(=O)C(C)(N)c1ccccc1. The molecule has 1 aromatic rings. The maximum absolute atomic E-state index is 11.8. The molecule has 0 saturated carbocycles. The van der Waals surface area contributed by atoms with Gasteiger partial charge in [-0.2, -0.15) is 0 Å². The molecule has 0 aliphatic carbocycles. The van der Waals surface area contributed by atoms with Crippen LogP contribution >= 0.6 is 0 Å². The quantitative estimate of drug-likeness (QED) is 0.688. The van der Waals surface area contributed by atoms with Gasteiger partial charge in [0.1, 0.15) is 5.54 Å². The highest BCUT2D eigenvalue weighted by Gasteiger charge is 2.29. The number of benzene rings is 1. The molecule has 4 heteroatoms. The maximum atomic E-state index is 11.8. The highest BCUT2D eigenvalue weighted by molar-refractivity contribution is 5.86. The zero-order valence-electron chi connectivity index (χ0n) is 9.60. The van der Waals surface area contributed by atoms with Crippen LogP contribution in [0.5, 0.6) is 0 Å². The van der Waals surface area contributed by atoms with Gasteiger partial charge in [-0.3, -0.25) is 4.79 Å². The lowest BCUT2D eigenvalue weighted by Gasteiger charge is -2.24. The highest BCUT2D eigenvalue weighted by Crippen LogP contribution is 2.17. The van der Waals surface area contributed by atoms with E-state index < -0.39 is 11.6 Å². The summed E-state index contributed by atoms with van der Waals surface area (Å²) in [5, 5.41) is 11.7. The molecule has 1 unspecified atom stereocenters.